The predicted octanol–water partition coefficient (Wildman–Crippen LogP) is 2.12. The van der Waals surface area contributed by atoms with Gasteiger partial charge in [-0.3, -0.25) is 24.5 Å². The molecule has 0 spiro atoms. The van der Waals surface area contributed by atoms with Crippen molar-refractivity contribution < 1.29 is 29.1 Å². The molecule has 0 aliphatic carbocycles. The first-order chi connectivity index (χ1) is 21.3. The van der Waals surface area contributed by atoms with Gasteiger partial charge in [0.2, 0.25) is 11.8 Å². The number of hydrogen-bond donors (Lipinski definition) is 4. The molecule has 2 aliphatic heterocycles. The van der Waals surface area contributed by atoms with Gasteiger partial charge in [-0.15, -0.1) is 0 Å². The maximum Gasteiger partial charge on any atom is 0.317 e. The van der Waals surface area contributed by atoms with Crippen molar-refractivity contribution in [1.82, 2.24) is 25.8 Å². The first kappa shape index (κ1) is 30.4. The van der Waals surface area contributed by atoms with Crippen LogP contribution in [0, 0.1) is 0 Å². The Balaban J connectivity index is 1.16. The zero-order valence-corrected chi connectivity index (χ0v) is 24.3. The molecule has 44 heavy (non-hydrogen) atoms. The smallest absolute Gasteiger partial charge is 0.317 e. The number of piperidine rings is 1. The van der Waals surface area contributed by atoms with Gasteiger partial charge in [-0.05, 0) is 53.3 Å². The maximum absolute atomic E-state index is 13.0. The van der Waals surface area contributed by atoms with Crippen LogP contribution in [0.2, 0.25) is 0 Å². The van der Waals surface area contributed by atoms with E-state index in [0.717, 1.165) is 16.7 Å². The van der Waals surface area contributed by atoms with Crippen LogP contribution < -0.4 is 16.0 Å². The summed E-state index contributed by atoms with van der Waals surface area (Å²) in [6, 6.07) is 21.5. The number of urea groups is 1. The average molecular weight is 598 g/mol. The summed E-state index contributed by atoms with van der Waals surface area (Å²) in [7, 11) is 0. The van der Waals surface area contributed by atoms with E-state index in [-0.39, 0.29) is 62.8 Å². The highest BCUT2D eigenvalue weighted by molar-refractivity contribution is 6.06. The molecule has 1 atom stereocenters. The quantitative estimate of drug-likeness (QED) is 0.249. The van der Waals surface area contributed by atoms with Gasteiger partial charge < -0.3 is 25.5 Å². The van der Waals surface area contributed by atoms with Crippen molar-refractivity contribution >= 4 is 29.7 Å². The van der Waals surface area contributed by atoms with Crippen LogP contribution in [0.5, 0.6) is 0 Å². The molecule has 11 heteroatoms. The van der Waals surface area contributed by atoms with Crippen LogP contribution >= 0.6 is 0 Å². The fourth-order valence-electron chi connectivity index (χ4n) is 5.42. The molecule has 3 aromatic carbocycles. The molecule has 1 saturated heterocycles. The Bertz CT molecular complexity index is 1540. The number of hydrogen-bond acceptors (Lipinski definition) is 6. The Kier molecular flexibility index (Phi) is 9.65. The van der Waals surface area contributed by atoms with Crippen LogP contribution in [0.4, 0.5) is 4.79 Å². The topological polar surface area (TPSA) is 148 Å². The van der Waals surface area contributed by atoms with E-state index in [9.17, 15) is 24.0 Å². The summed E-state index contributed by atoms with van der Waals surface area (Å²) in [5.41, 5.74) is 4.45. The Labute approximate surface area is 255 Å². The van der Waals surface area contributed by atoms with Crippen molar-refractivity contribution in [3.8, 4) is 0 Å². The summed E-state index contributed by atoms with van der Waals surface area (Å²) in [5.74, 6) is -1.40. The molecular formula is C33H35N5O6. The largest absolute Gasteiger partial charge is 0.395 e. The summed E-state index contributed by atoms with van der Waals surface area (Å²) in [6.45, 7) is 1.42. The molecule has 0 bridgehead atoms. The minimum absolute atomic E-state index is 0.136. The summed E-state index contributed by atoms with van der Waals surface area (Å²) in [6.07, 6.45) is 1.15. The van der Waals surface area contributed by atoms with Gasteiger partial charge in [-0.1, -0.05) is 54.6 Å². The van der Waals surface area contributed by atoms with Gasteiger partial charge in [0.1, 0.15) is 6.04 Å². The Hall–Kier alpha value is -5.03. The third-order valence-corrected chi connectivity index (χ3v) is 7.82. The second kappa shape index (κ2) is 14.0. The number of nitrogens with one attached hydrogen (secondary N) is 3. The molecular weight excluding hydrogens is 562 g/mol. The molecule has 4 N–H and O–H groups in total. The first-order valence-electron chi connectivity index (χ1n) is 14.6. The van der Waals surface area contributed by atoms with E-state index in [1.165, 1.54) is 4.90 Å². The average Bonchev–Trinajstić information content (AvgIpc) is 3.36. The van der Waals surface area contributed by atoms with E-state index in [1.807, 2.05) is 54.6 Å². The number of imide groups is 1. The molecule has 1 fully saturated rings. The van der Waals surface area contributed by atoms with E-state index in [0.29, 0.717) is 36.2 Å². The number of carbonyl (C=O) groups is 5. The second-order valence-corrected chi connectivity index (χ2v) is 10.9. The van der Waals surface area contributed by atoms with Crippen LogP contribution in [0.1, 0.15) is 55.8 Å². The van der Waals surface area contributed by atoms with Gasteiger partial charge in [0.25, 0.3) is 11.8 Å². The molecule has 2 aliphatic rings. The summed E-state index contributed by atoms with van der Waals surface area (Å²) >= 11 is 0. The molecule has 0 saturated carbocycles. The summed E-state index contributed by atoms with van der Waals surface area (Å²) < 4.78 is 0. The lowest BCUT2D eigenvalue weighted by Crippen LogP contribution is -2.52. The van der Waals surface area contributed by atoms with Gasteiger partial charge in [-0.25, -0.2) is 4.79 Å². The SMILES string of the molecule is O=C1CCC(N2Cc3cc(C(=O)NCc4ccc(CN(CCc5ccccc5)C(=O)NCCO)cc4)ccc3C2=O)C(=O)N1. The fourth-order valence-corrected chi connectivity index (χ4v) is 5.42. The van der Waals surface area contributed by atoms with E-state index in [2.05, 4.69) is 16.0 Å². The molecule has 6 amide bonds. The fraction of sp³-hybridized carbons (Fsp3) is 0.303. The van der Waals surface area contributed by atoms with Crippen LogP contribution in [0.3, 0.4) is 0 Å². The maximum atomic E-state index is 13.0. The normalized spacial score (nSPS) is 15.9. The van der Waals surface area contributed by atoms with Crippen LogP contribution in [0.15, 0.2) is 72.8 Å². The second-order valence-electron chi connectivity index (χ2n) is 10.9. The van der Waals surface area contributed by atoms with Crippen molar-refractivity contribution in [3.05, 3.63) is 106 Å². The number of rotatable bonds is 11. The van der Waals surface area contributed by atoms with Crippen molar-refractivity contribution in [1.29, 1.82) is 0 Å². The van der Waals surface area contributed by atoms with Crippen LogP contribution in [-0.2, 0) is 35.6 Å². The number of benzene rings is 3. The van der Waals surface area contributed by atoms with Crippen molar-refractivity contribution in [2.24, 2.45) is 0 Å². The third kappa shape index (κ3) is 7.30. The Morgan fingerprint density at radius 2 is 1.68 bits per heavy atom. The lowest BCUT2D eigenvalue weighted by atomic mass is 10.0. The number of fused-ring (bicyclic) bond motifs is 1. The number of carbonyl (C=O) groups excluding carboxylic acids is 5. The minimum atomic E-state index is -0.710. The van der Waals surface area contributed by atoms with Gasteiger partial charge in [-0.2, -0.15) is 0 Å². The van der Waals surface area contributed by atoms with Crippen molar-refractivity contribution in [2.45, 2.75) is 44.9 Å². The van der Waals surface area contributed by atoms with Gasteiger partial charge in [0.05, 0.1) is 6.61 Å². The Morgan fingerprint density at radius 1 is 0.932 bits per heavy atom. The van der Waals surface area contributed by atoms with E-state index >= 15 is 0 Å². The first-order valence-corrected chi connectivity index (χ1v) is 14.6. The van der Waals surface area contributed by atoms with Crippen molar-refractivity contribution in [2.75, 3.05) is 19.7 Å². The number of aliphatic hydroxyl groups is 1. The molecule has 5 rings (SSSR count). The van der Waals surface area contributed by atoms with Crippen LogP contribution in [0.25, 0.3) is 0 Å². The molecule has 1 unspecified atom stereocenters. The minimum Gasteiger partial charge on any atom is -0.395 e. The monoisotopic (exact) mass is 597 g/mol. The van der Waals surface area contributed by atoms with E-state index < -0.39 is 11.9 Å². The van der Waals surface area contributed by atoms with Crippen LogP contribution in [-0.4, -0.2) is 70.3 Å². The lowest BCUT2D eigenvalue weighted by Gasteiger charge is -2.29. The molecule has 11 nitrogen and oxygen atoms in total. The molecule has 0 aromatic heterocycles. The highest BCUT2D eigenvalue weighted by Gasteiger charge is 2.39. The van der Waals surface area contributed by atoms with Gasteiger partial charge in [0.15, 0.2) is 0 Å². The molecule has 2 heterocycles. The van der Waals surface area contributed by atoms with Crippen molar-refractivity contribution in [3.63, 3.8) is 0 Å². The zero-order chi connectivity index (χ0) is 31.1. The summed E-state index contributed by atoms with van der Waals surface area (Å²) in [5, 5.41) is 17.0. The van der Waals surface area contributed by atoms with E-state index in [1.54, 1.807) is 23.1 Å². The predicted molar refractivity (Wildman–Crippen MR) is 161 cm³/mol. The standard InChI is InChI=1S/C33H35N5O6/c39-17-15-34-33(44)37(16-14-22-4-2-1-3-5-22)20-24-8-6-23(7-9-24)19-35-30(41)25-10-11-27-26(18-25)21-38(32(27)43)28-12-13-29(40)36-31(28)42/h1-11,18,28,39H,12-17,19-21H2,(H,34,44)(H,35,41)(H,36,40,42). The highest BCUT2D eigenvalue weighted by atomic mass is 16.3. The number of amides is 6. The molecule has 0 radical (unpaired) electrons. The Morgan fingerprint density at radius 3 is 2.41 bits per heavy atom. The van der Waals surface area contributed by atoms with Gasteiger partial charge in [0, 0.05) is 50.3 Å². The zero-order valence-electron chi connectivity index (χ0n) is 24.3. The molecule has 228 valence electrons. The summed E-state index contributed by atoms with van der Waals surface area (Å²) in [4.78, 5) is 65.5. The third-order valence-electron chi connectivity index (χ3n) is 7.82. The lowest BCUT2D eigenvalue weighted by molar-refractivity contribution is -0.136. The van der Waals surface area contributed by atoms with Gasteiger partial charge >= 0.3 is 6.03 Å². The number of aliphatic hydroxyl groups excluding tert-OH is 1. The number of nitrogens with zero attached hydrogens (tertiary/aromatic N) is 2. The highest BCUT2D eigenvalue weighted by Crippen LogP contribution is 2.28. The van der Waals surface area contributed by atoms with E-state index in [4.69, 9.17) is 5.11 Å². The molecule has 3 aromatic rings.